The van der Waals surface area contributed by atoms with E-state index in [1.165, 1.54) is 45.5 Å². The van der Waals surface area contributed by atoms with Gasteiger partial charge in [0.25, 0.3) is 11.8 Å². The maximum atomic E-state index is 14.4. The zero-order valence-electron chi connectivity index (χ0n) is 19.8. The predicted molar refractivity (Wildman–Crippen MR) is 145 cm³/mol. The number of aromatic nitrogens is 1. The molecule has 12 heteroatoms. The van der Waals surface area contributed by atoms with Crippen LogP contribution < -0.4 is 15.1 Å². The van der Waals surface area contributed by atoms with Gasteiger partial charge in [0.2, 0.25) is 11.8 Å². The summed E-state index contributed by atoms with van der Waals surface area (Å²) in [5.41, 5.74) is 2.10. The zero-order chi connectivity index (χ0) is 27.0. The number of carbonyl (C=O) groups excluding carboxylic acids is 3. The molecule has 2 fully saturated rings. The van der Waals surface area contributed by atoms with Crippen LogP contribution in [0.1, 0.15) is 37.3 Å². The number of halogens is 4. The Morgan fingerprint density at radius 1 is 1.18 bits per heavy atom. The van der Waals surface area contributed by atoms with Crippen LogP contribution in [0, 0.1) is 9.39 Å². The molecule has 5 rings (SSSR count). The van der Waals surface area contributed by atoms with Gasteiger partial charge in [0.15, 0.2) is 0 Å². The van der Waals surface area contributed by atoms with Gasteiger partial charge in [-0.2, -0.15) is 0 Å². The predicted octanol–water partition coefficient (Wildman–Crippen LogP) is 5.07. The average molecular weight is 654 g/mol. The van der Waals surface area contributed by atoms with E-state index in [0.29, 0.717) is 14.1 Å². The smallest absolute Gasteiger partial charge is 0.252 e. The van der Waals surface area contributed by atoms with Gasteiger partial charge in [0.05, 0.1) is 11.7 Å². The van der Waals surface area contributed by atoms with Crippen LogP contribution in [0.15, 0.2) is 60.2 Å². The number of alkyl halides is 2. The molecular formula is C26H22F3IN4O3S. The summed E-state index contributed by atoms with van der Waals surface area (Å²) in [6.45, 7) is 0. The van der Waals surface area contributed by atoms with E-state index >= 15 is 0 Å². The first kappa shape index (κ1) is 26.6. The summed E-state index contributed by atoms with van der Waals surface area (Å²) < 4.78 is 42.2. The molecule has 2 heterocycles. The van der Waals surface area contributed by atoms with Crippen molar-refractivity contribution in [1.82, 2.24) is 10.3 Å². The SMILES string of the molecule is O=C(NC1CC(F)(F)C1)C(c1ccccc1I)N(C(=O)[C@@H]1CCC(=O)N1c1cncs1)c1cccc(F)c1. The third-order valence-electron chi connectivity index (χ3n) is 6.62. The van der Waals surface area contributed by atoms with Crippen molar-refractivity contribution in [3.63, 3.8) is 0 Å². The van der Waals surface area contributed by atoms with Gasteiger partial charge in [-0.15, -0.1) is 11.3 Å². The standard InChI is InChI=1S/C26H22F3IN4O3S/c27-15-4-3-5-17(10-15)33(25(37)20-8-9-21(35)34(20)22-13-31-14-38-22)23(18-6-1-2-7-19(18)30)24(36)32-16-11-26(28,29)12-16/h1-7,10,13-14,16,20,23H,8-9,11-12H2,(H,32,36)/t20-,23?/m0/s1. The van der Waals surface area contributed by atoms with Gasteiger partial charge < -0.3 is 5.32 Å². The first-order chi connectivity index (χ1) is 18.1. The molecular weight excluding hydrogens is 632 g/mol. The molecule has 3 amide bonds. The number of hydrogen-bond donors (Lipinski definition) is 1. The van der Waals surface area contributed by atoms with Crippen molar-refractivity contribution in [3.05, 3.63) is 75.2 Å². The third-order valence-corrected chi connectivity index (χ3v) is 8.37. The van der Waals surface area contributed by atoms with Crippen molar-refractivity contribution >= 4 is 62.3 Å². The number of benzene rings is 2. The third kappa shape index (κ3) is 5.28. The maximum absolute atomic E-state index is 14.4. The minimum Gasteiger partial charge on any atom is -0.351 e. The normalized spacial score (nSPS) is 19.6. The Morgan fingerprint density at radius 3 is 2.61 bits per heavy atom. The van der Waals surface area contributed by atoms with Gasteiger partial charge in [-0.25, -0.2) is 13.2 Å². The van der Waals surface area contributed by atoms with Gasteiger partial charge in [0.1, 0.15) is 22.9 Å². The lowest BCUT2D eigenvalue weighted by atomic mass is 9.87. The summed E-state index contributed by atoms with van der Waals surface area (Å²) in [5.74, 6) is -5.00. The van der Waals surface area contributed by atoms with Crippen molar-refractivity contribution in [2.75, 3.05) is 9.80 Å². The van der Waals surface area contributed by atoms with E-state index in [1.807, 2.05) is 22.6 Å². The Morgan fingerprint density at radius 2 is 1.95 bits per heavy atom. The number of carbonyl (C=O) groups is 3. The monoisotopic (exact) mass is 654 g/mol. The highest BCUT2D eigenvalue weighted by molar-refractivity contribution is 14.1. The molecule has 1 saturated carbocycles. The van der Waals surface area contributed by atoms with Crippen molar-refractivity contribution in [1.29, 1.82) is 0 Å². The van der Waals surface area contributed by atoms with Crippen molar-refractivity contribution in [2.24, 2.45) is 0 Å². The average Bonchev–Trinajstić information content (AvgIpc) is 3.51. The molecule has 3 aromatic rings. The first-order valence-electron chi connectivity index (χ1n) is 11.9. The molecule has 1 aromatic heterocycles. The van der Waals surface area contributed by atoms with E-state index in [4.69, 9.17) is 0 Å². The van der Waals surface area contributed by atoms with Crippen LogP contribution in [-0.4, -0.2) is 40.7 Å². The second kappa shape index (κ2) is 10.6. The molecule has 1 aliphatic carbocycles. The van der Waals surface area contributed by atoms with Crippen LogP contribution in [0.25, 0.3) is 0 Å². The van der Waals surface area contributed by atoms with Crippen LogP contribution in [0.4, 0.5) is 23.9 Å². The number of amides is 3. The highest BCUT2D eigenvalue weighted by atomic mass is 127. The minimum absolute atomic E-state index is 0.109. The fourth-order valence-corrected chi connectivity index (χ4v) is 6.23. The van der Waals surface area contributed by atoms with Gasteiger partial charge >= 0.3 is 0 Å². The summed E-state index contributed by atoms with van der Waals surface area (Å²) >= 11 is 3.23. The minimum atomic E-state index is -2.86. The second-order valence-electron chi connectivity index (χ2n) is 9.24. The molecule has 7 nitrogen and oxygen atoms in total. The van der Waals surface area contributed by atoms with E-state index in [-0.39, 0.29) is 24.4 Å². The van der Waals surface area contributed by atoms with E-state index in [9.17, 15) is 27.6 Å². The summed E-state index contributed by atoms with van der Waals surface area (Å²) in [7, 11) is 0. The number of anilines is 2. The molecule has 1 saturated heterocycles. The van der Waals surface area contributed by atoms with Gasteiger partial charge in [-0.1, -0.05) is 24.3 Å². The molecule has 198 valence electrons. The second-order valence-corrected chi connectivity index (χ2v) is 11.3. The number of nitrogens with zero attached hydrogens (tertiary/aromatic N) is 3. The topological polar surface area (TPSA) is 82.6 Å². The molecule has 2 aromatic carbocycles. The van der Waals surface area contributed by atoms with Crippen LogP contribution >= 0.6 is 33.9 Å². The fourth-order valence-electron chi connectivity index (χ4n) is 4.85. The zero-order valence-corrected chi connectivity index (χ0v) is 22.8. The highest BCUT2D eigenvalue weighted by Crippen LogP contribution is 2.39. The Hall–Kier alpha value is -3.00. The lowest BCUT2D eigenvalue weighted by Crippen LogP contribution is -2.56. The van der Waals surface area contributed by atoms with Crippen molar-refractivity contribution in [3.8, 4) is 0 Å². The molecule has 2 atom stereocenters. The van der Waals surface area contributed by atoms with E-state index < -0.39 is 54.5 Å². The summed E-state index contributed by atoms with van der Waals surface area (Å²) in [4.78, 5) is 47.4. The van der Waals surface area contributed by atoms with Crippen LogP contribution in [0.3, 0.4) is 0 Å². The van der Waals surface area contributed by atoms with Crippen LogP contribution in [0.5, 0.6) is 0 Å². The summed E-state index contributed by atoms with van der Waals surface area (Å²) in [6.07, 6.45) is 0.795. The Bertz CT molecular complexity index is 1370. The summed E-state index contributed by atoms with van der Waals surface area (Å²) in [6, 6.07) is 9.15. The Balaban J connectivity index is 1.59. The summed E-state index contributed by atoms with van der Waals surface area (Å²) in [5, 5.41) is 3.14. The quantitative estimate of drug-likeness (QED) is 0.361. The van der Waals surface area contributed by atoms with Crippen LogP contribution in [0.2, 0.25) is 0 Å². The molecule has 1 aliphatic heterocycles. The molecule has 0 spiro atoms. The van der Waals surface area contributed by atoms with Crippen molar-refractivity contribution in [2.45, 2.75) is 49.7 Å². The molecule has 0 bridgehead atoms. The molecule has 1 unspecified atom stereocenters. The van der Waals surface area contributed by atoms with Gasteiger partial charge in [-0.3, -0.25) is 29.2 Å². The number of thiazole rings is 1. The van der Waals surface area contributed by atoms with E-state index in [1.54, 1.807) is 29.8 Å². The number of rotatable bonds is 7. The number of nitrogens with one attached hydrogen (secondary N) is 1. The molecule has 2 aliphatic rings. The van der Waals surface area contributed by atoms with Crippen LogP contribution in [-0.2, 0) is 14.4 Å². The lowest BCUT2D eigenvalue weighted by Gasteiger charge is -2.39. The first-order valence-corrected chi connectivity index (χ1v) is 13.8. The maximum Gasteiger partial charge on any atom is 0.252 e. The van der Waals surface area contributed by atoms with Crippen molar-refractivity contribution < 1.29 is 27.6 Å². The van der Waals surface area contributed by atoms with E-state index in [0.717, 1.165) is 6.07 Å². The van der Waals surface area contributed by atoms with Gasteiger partial charge in [0, 0.05) is 34.6 Å². The Kier molecular flexibility index (Phi) is 7.45. The Labute approximate surface area is 234 Å². The molecule has 1 N–H and O–H groups in total. The van der Waals surface area contributed by atoms with E-state index in [2.05, 4.69) is 10.3 Å². The largest absolute Gasteiger partial charge is 0.351 e. The fraction of sp³-hybridized carbons (Fsp3) is 0.308. The highest BCUT2D eigenvalue weighted by Gasteiger charge is 2.48. The molecule has 0 radical (unpaired) electrons. The lowest BCUT2D eigenvalue weighted by molar-refractivity contribution is -0.133. The molecule has 38 heavy (non-hydrogen) atoms. The number of hydrogen-bond acceptors (Lipinski definition) is 5. The van der Waals surface area contributed by atoms with Gasteiger partial charge in [-0.05, 0) is 58.8 Å².